The first-order valence-corrected chi connectivity index (χ1v) is 9.43. The van der Waals surface area contributed by atoms with Crippen LogP contribution >= 0.6 is 24.0 Å². The molecular formula is C18H32F3IN4O. The van der Waals surface area contributed by atoms with E-state index in [-0.39, 0.29) is 48.8 Å². The molecule has 2 N–H and O–H groups in total. The van der Waals surface area contributed by atoms with Gasteiger partial charge in [0.1, 0.15) is 0 Å². The van der Waals surface area contributed by atoms with Gasteiger partial charge in [-0.05, 0) is 38.5 Å². The summed E-state index contributed by atoms with van der Waals surface area (Å²) in [5, 5.41) is 6.48. The minimum Gasteiger partial charge on any atom is -0.355 e. The Morgan fingerprint density at radius 3 is 2.15 bits per heavy atom. The van der Waals surface area contributed by atoms with E-state index in [1.165, 1.54) is 0 Å². The number of nitrogens with zero attached hydrogens (tertiary/aromatic N) is 2. The Labute approximate surface area is 176 Å². The molecular weight excluding hydrogens is 472 g/mol. The summed E-state index contributed by atoms with van der Waals surface area (Å²) in [7, 11) is 5.19. The summed E-state index contributed by atoms with van der Waals surface area (Å²) in [4.78, 5) is 18.4. The van der Waals surface area contributed by atoms with E-state index < -0.39 is 17.5 Å². The highest BCUT2D eigenvalue weighted by molar-refractivity contribution is 14.0. The van der Waals surface area contributed by atoms with Crippen LogP contribution in [0.25, 0.3) is 0 Å². The van der Waals surface area contributed by atoms with E-state index in [0.717, 1.165) is 25.7 Å². The Morgan fingerprint density at radius 2 is 1.70 bits per heavy atom. The molecule has 27 heavy (non-hydrogen) atoms. The number of hydrogen-bond acceptors (Lipinski definition) is 2. The molecule has 0 aromatic carbocycles. The third-order valence-electron chi connectivity index (χ3n) is 5.77. The smallest absolute Gasteiger partial charge is 0.355 e. The lowest BCUT2D eigenvalue weighted by atomic mass is 9.84. The molecule has 0 radical (unpaired) electrons. The van der Waals surface area contributed by atoms with Crippen LogP contribution in [0.1, 0.15) is 51.4 Å². The molecule has 2 aliphatic rings. The van der Waals surface area contributed by atoms with Crippen LogP contribution in [0.4, 0.5) is 13.2 Å². The van der Waals surface area contributed by atoms with Gasteiger partial charge in [-0.3, -0.25) is 9.79 Å². The first-order chi connectivity index (χ1) is 12.2. The number of alkyl halides is 3. The van der Waals surface area contributed by atoms with Crippen LogP contribution in [0.2, 0.25) is 0 Å². The largest absolute Gasteiger partial charge is 0.391 e. The number of amides is 1. The molecule has 0 aromatic heterocycles. The molecule has 158 valence electrons. The van der Waals surface area contributed by atoms with Crippen molar-refractivity contribution in [1.82, 2.24) is 15.5 Å². The van der Waals surface area contributed by atoms with Crippen molar-refractivity contribution in [1.29, 1.82) is 0 Å². The standard InChI is InChI=1S/C18H31F3N4O.HI/c1-22-16(24-14-8-6-13(7-9-14)18(19,20)21)23-12-17(10-4-5-11-17)15(26)25(2)3;/h13-14H,4-12H2,1-3H3,(H2,22,23,24);1H. The Bertz CT molecular complexity index is 511. The lowest BCUT2D eigenvalue weighted by molar-refractivity contribution is -0.182. The second-order valence-electron chi connectivity index (χ2n) is 7.85. The van der Waals surface area contributed by atoms with E-state index in [0.29, 0.717) is 25.3 Å². The molecule has 9 heteroatoms. The van der Waals surface area contributed by atoms with Crippen molar-refractivity contribution in [2.24, 2.45) is 16.3 Å². The number of guanidine groups is 1. The minimum atomic E-state index is -4.09. The van der Waals surface area contributed by atoms with Crippen molar-refractivity contribution in [2.45, 2.75) is 63.6 Å². The second-order valence-corrected chi connectivity index (χ2v) is 7.85. The SMILES string of the molecule is CN=C(NCC1(C(=O)N(C)C)CCCC1)NC1CCC(C(F)(F)F)CC1.I. The third kappa shape index (κ3) is 6.39. The van der Waals surface area contributed by atoms with Crippen LogP contribution in [-0.2, 0) is 4.79 Å². The maximum atomic E-state index is 12.8. The average Bonchev–Trinajstić information content (AvgIpc) is 3.07. The molecule has 5 nitrogen and oxygen atoms in total. The Hall–Kier alpha value is -0.740. The molecule has 0 aliphatic heterocycles. The number of carbonyl (C=O) groups is 1. The quantitative estimate of drug-likeness (QED) is 0.350. The van der Waals surface area contributed by atoms with Crippen molar-refractivity contribution in [2.75, 3.05) is 27.7 Å². The lowest BCUT2D eigenvalue weighted by Crippen LogP contribution is -2.51. The molecule has 0 aromatic rings. The maximum Gasteiger partial charge on any atom is 0.391 e. The monoisotopic (exact) mass is 504 g/mol. The van der Waals surface area contributed by atoms with Gasteiger partial charge in [-0.2, -0.15) is 13.2 Å². The van der Waals surface area contributed by atoms with Crippen LogP contribution in [0, 0.1) is 11.3 Å². The van der Waals surface area contributed by atoms with Crippen molar-refractivity contribution in [3.8, 4) is 0 Å². The zero-order valence-electron chi connectivity index (χ0n) is 16.4. The number of nitrogens with one attached hydrogen (secondary N) is 2. The molecule has 2 aliphatic carbocycles. The van der Waals surface area contributed by atoms with Gasteiger partial charge in [-0.15, -0.1) is 24.0 Å². The summed E-state index contributed by atoms with van der Waals surface area (Å²) < 4.78 is 38.3. The van der Waals surface area contributed by atoms with E-state index in [4.69, 9.17) is 0 Å². The van der Waals surface area contributed by atoms with Gasteiger partial charge in [-0.1, -0.05) is 12.8 Å². The van der Waals surface area contributed by atoms with Gasteiger partial charge >= 0.3 is 6.18 Å². The maximum absolute atomic E-state index is 12.8. The fraction of sp³-hybridized carbons (Fsp3) is 0.889. The third-order valence-corrected chi connectivity index (χ3v) is 5.77. The van der Waals surface area contributed by atoms with Crippen molar-refractivity contribution < 1.29 is 18.0 Å². The lowest BCUT2D eigenvalue weighted by Gasteiger charge is -2.33. The van der Waals surface area contributed by atoms with E-state index in [9.17, 15) is 18.0 Å². The van der Waals surface area contributed by atoms with Gasteiger partial charge in [0.15, 0.2) is 5.96 Å². The number of carbonyl (C=O) groups excluding carboxylic acids is 1. The first-order valence-electron chi connectivity index (χ1n) is 9.43. The summed E-state index contributed by atoms with van der Waals surface area (Å²) in [5.74, 6) is -0.489. The highest BCUT2D eigenvalue weighted by Crippen LogP contribution is 2.39. The summed E-state index contributed by atoms with van der Waals surface area (Å²) >= 11 is 0. The highest BCUT2D eigenvalue weighted by Gasteiger charge is 2.43. The zero-order chi connectivity index (χ0) is 19.4. The number of halogens is 4. The van der Waals surface area contributed by atoms with Crippen LogP contribution in [-0.4, -0.2) is 56.7 Å². The van der Waals surface area contributed by atoms with E-state index >= 15 is 0 Å². The Kier molecular flexibility index (Phi) is 9.14. The summed E-state index contributed by atoms with van der Waals surface area (Å²) in [5.41, 5.74) is -0.408. The molecule has 0 spiro atoms. The fourth-order valence-electron chi connectivity index (χ4n) is 4.20. The number of aliphatic imine (C=N–C) groups is 1. The molecule has 0 bridgehead atoms. The molecule has 0 unspecified atom stereocenters. The predicted molar refractivity (Wildman–Crippen MR) is 111 cm³/mol. The fourth-order valence-corrected chi connectivity index (χ4v) is 4.20. The number of rotatable bonds is 4. The van der Waals surface area contributed by atoms with Gasteiger partial charge in [-0.25, -0.2) is 0 Å². The zero-order valence-corrected chi connectivity index (χ0v) is 18.7. The van der Waals surface area contributed by atoms with Crippen LogP contribution in [0.5, 0.6) is 0 Å². The van der Waals surface area contributed by atoms with Crippen molar-refractivity contribution >= 4 is 35.8 Å². The molecule has 0 heterocycles. The second kappa shape index (κ2) is 10.2. The van der Waals surface area contributed by atoms with Crippen molar-refractivity contribution in [3.63, 3.8) is 0 Å². The van der Waals surface area contributed by atoms with Crippen LogP contribution < -0.4 is 10.6 Å². The van der Waals surface area contributed by atoms with E-state index in [1.54, 1.807) is 26.0 Å². The van der Waals surface area contributed by atoms with Gasteiger partial charge < -0.3 is 15.5 Å². The van der Waals surface area contributed by atoms with Crippen LogP contribution in [0.15, 0.2) is 4.99 Å². The van der Waals surface area contributed by atoms with Gasteiger partial charge in [0.25, 0.3) is 0 Å². The molecule has 2 fully saturated rings. The molecule has 2 saturated carbocycles. The van der Waals surface area contributed by atoms with Gasteiger partial charge in [0.2, 0.25) is 5.91 Å². The van der Waals surface area contributed by atoms with E-state index in [1.807, 2.05) is 0 Å². The Balaban J connectivity index is 0.00000364. The summed E-state index contributed by atoms with van der Waals surface area (Å²) in [6, 6.07) is -0.0103. The topological polar surface area (TPSA) is 56.7 Å². The average molecular weight is 504 g/mol. The van der Waals surface area contributed by atoms with Crippen molar-refractivity contribution in [3.05, 3.63) is 0 Å². The summed E-state index contributed by atoms with van der Waals surface area (Å²) in [6.45, 7) is 0.502. The molecule has 0 atom stereocenters. The predicted octanol–water partition coefficient (Wildman–Crippen LogP) is 3.54. The Morgan fingerprint density at radius 1 is 1.15 bits per heavy atom. The molecule has 1 amide bonds. The summed E-state index contributed by atoms with van der Waals surface area (Å²) in [6.07, 6.45) is 0.951. The van der Waals surface area contributed by atoms with Crippen LogP contribution in [0.3, 0.4) is 0 Å². The minimum absolute atomic E-state index is 0. The highest BCUT2D eigenvalue weighted by atomic mass is 127. The molecule has 2 rings (SSSR count). The van der Waals surface area contributed by atoms with E-state index in [2.05, 4.69) is 15.6 Å². The van der Waals surface area contributed by atoms with Gasteiger partial charge in [0.05, 0.1) is 11.3 Å². The van der Waals surface area contributed by atoms with Gasteiger partial charge in [0, 0.05) is 33.7 Å². The number of hydrogen-bond donors (Lipinski definition) is 2. The normalized spacial score (nSPS) is 25.5. The first kappa shape index (κ1) is 24.3. The molecule has 0 saturated heterocycles.